The fourth-order valence-electron chi connectivity index (χ4n) is 3.56. The third kappa shape index (κ3) is 2.66. The minimum absolute atomic E-state index is 0. The summed E-state index contributed by atoms with van der Waals surface area (Å²) >= 11 is 0. The van der Waals surface area contributed by atoms with Gasteiger partial charge in [0.05, 0.1) is 0 Å². The molecule has 1 aromatic carbocycles. The Balaban J connectivity index is 0.00000144. The van der Waals surface area contributed by atoms with E-state index in [2.05, 4.69) is 46.6 Å². The van der Waals surface area contributed by atoms with Crippen LogP contribution in [0.15, 0.2) is 28.8 Å². The molecule has 0 amide bonds. The van der Waals surface area contributed by atoms with E-state index in [1.807, 2.05) is 0 Å². The van der Waals surface area contributed by atoms with Crippen molar-refractivity contribution in [1.29, 1.82) is 0 Å². The zero-order valence-electron chi connectivity index (χ0n) is 12.8. The first kappa shape index (κ1) is 15.5. The Hall–Kier alpha value is -1.39. The second-order valence-electron chi connectivity index (χ2n) is 6.38. The van der Waals surface area contributed by atoms with E-state index in [0.29, 0.717) is 11.3 Å². The molecule has 2 heterocycles. The smallest absolute Gasteiger partial charge is 0.230 e. The highest BCUT2D eigenvalue weighted by molar-refractivity contribution is 5.85. The maximum absolute atomic E-state index is 5.55. The van der Waals surface area contributed by atoms with Crippen LogP contribution in [0.4, 0.5) is 0 Å². The van der Waals surface area contributed by atoms with Crippen LogP contribution in [-0.4, -0.2) is 23.2 Å². The van der Waals surface area contributed by atoms with E-state index in [0.717, 1.165) is 36.8 Å². The van der Waals surface area contributed by atoms with Crippen LogP contribution in [0.3, 0.4) is 0 Å². The summed E-state index contributed by atoms with van der Waals surface area (Å²) in [5.74, 6) is 2.05. The van der Waals surface area contributed by atoms with E-state index in [4.69, 9.17) is 4.52 Å². The van der Waals surface area contributed by atoms with Crippen LogP contribution in [-0.2, 0) is 6.42 Å². The van der Waals surface area contributed by atoms with Gasteiger partial charge in [-0.15, -0.1) is 12.4 Å². The molecule has 1 aliphatic carbocycles. The van der Waals surface area contributed by atoms with Crippen LogP contribution in [0.1, 0.15) is 43.6 Å². The molecule has 2 aromatic rings. The number of aryl methyl sites for hydroxylation is 1. The van der Waals surface area contributed by atoms with E-state index in [1.165, 1.54) is 24.8 Å². The van der Waals surface area contributed by atoms with Crippen molar-refractivity contribution in [2.45, 2.75) is 38.5 Å². The first-order valence-corrected chi connectivity index (χ1v) is 7.94. The molecular weight excluding hydrogens is 298 g/mol. The molecule has 1 N–H and O–H groups in total. The molecule has 2 fully saturated rings. The fraction of sp³-hybridized carbons (Fsp3) is 0.529. The van der Waals surface area contributed by atoms with Gasteiger partial charge in [-0.25, -0.2) is 0 Å². The van der Waals surface area contributed by atoms with Gasteiger partial charge in [-0.05, 0) is 49.8 Å². The lowest BCUT2D eigenvalue weighted by molar-refractivity contribution is 0.311. The summed E-state index contributed by atoms with van der Waals surface area (Å²) in [5.41, 5.74) is 2.82. The van der Waals surface area contributed by atoms with Gasteiger partial charge in [-0.3, -0.25) is 0 Å². The van der Waals surface area contributed by atoms with E-state index >= 15 is 0 Å². The van der Waals surface area contributed by atoms with Crippen molar-refractivity contribution in [3.8, 4) is 11.4 Å². The molecule has 1 aromatic heterocycles. The van der Waals surface area contributed by atoms with Gasteiger partial charge in [0, 0.05) is 11.5 Å². The number of nitrogens with one attached hydrogen (secondary N) is 1. The molecule has 1 atom stereocenters. The van der Waals surface area contributed by atoms with E-state index in [9.17, 15) is 0 Å². The molecule has 1 saturated carbocycles. The van der Waals surface area contributed by atoms with Gasteiger partial charge in [0.25, 0.3) is 0 Å². The van der Waals surface area contributed by atoms with Crippen molar-refractivity contribution >= 4 is 12.4 Å². The van der Waals surface area contributed by atoms with Crippen molar-refractivity contribution in [1.82, 2.24) is 15.5 Å². The Kier molecular flexibility index (Phi) is 4.24. The van der Waals surface area contributed by atoms with Crippen LogP contribution in [0.2, 0.25) is 0 Å². The van der Waals surface area contributed by atoms with Crippen molar-refractivity contribution in [3.63, 3.8) is 0 Å². The third-order valence-corrected chi connectivity index (χ3v) is 5.15. The second-order valence-corrected chi connectivity index (χ2v) is 6.38. The van der Waals surface area contributed by atoms with Crippen LogP contribution >= 0.6 is 12.4 Å². The Morgan fingerprint density at radius 1 is 1.23 bits per heavy atom. The Morgan fingerprint density at radius 2 is 1.95 bits per heavy atom. The molecular formula is C17H22ClN3O. The van der Waals surface area contributed by atoms with E-state index < -0.39 is 0 Å². The molecule has 4 nitrogen and oxygen atoms in total. The number of nitrogens with zero attached hydrogens (tertiary/aromatic N) is 2. The molecule has 0 bridgehead atoms. The van der Waals surface area contributed by atoms with E-state index in [-0.39, 0.29) is 12.4 Å². The SMILES string of the molecule is CCc1ccc(-c2noc(C3CC34CCNCC4)n2)cc1.Cl. The Bertz CT molecular complexity index is 632. The molecule has 22 heavy (non-hydrogen) atoms. The molecule has 1 spiro atoms. The summed E-state index contributed by atoms with van der Waals surface area (Å²) in [6.45, 7) is 4.40. The molecule has 118 valence electrons. The van der Waals surface area contributed by atoms with Crippen molar-refractivity contribution in [2.75, 3.05) is 13.1 Å². The standard InChI is InChI=1S/C17H21N3O.ClH/c1-2-12-3-5-13(6-4-12)15-19-16(21-20-15)14-11-17(14)7-9-18-10-8-17;/h3-6,14,18H,2,7-11H2,1H3;1H. The zero-order chi connectivity index (χ0) is 14.3. The number of halogens is 1. The van der Waals surface area contributed by atoms with Crippen LogP contribution in [0.5, 0.6) is 0 Å². The quantitative estimate of drug-likeness (QED) is 0.939. The van der Waals surface area contributed by atoms with Gasteiger partial charge in [-0.1, -0.05) is 36.3 Å². The predicted molar refractivity (Wildman–Crippen MR) is 88.3 cm³/mol. The van der Waals surface area contributed by atoms with Crippen LogP contribution < -0.4 is 5.32 Å². The number of piperidine rings is 1. The summed E-state index contributed by atoms with van der Waals surface area (Å²) in [6.07, 6.45) is 4.74. The average molecular weight is 320 g/mol. The monoisotopic (exact) mass is 319 g/mol. The Morgan fingerprint density at radius 3 is 2.64 bits per heavy atom. The number of aromatic nitrogens is 2. The van der Waals surface area contributed by atoms with Gasteiger partial charge in [0.2, 0.25) is 11.7 Å². The minimum Gasteiger partial charge on any atom is -0.339 e. The van der Waals surface area contributed by atoms with Gasteiger partial charge in [0.1, 0.15) is 0 Å². The largest absolute Gasteiger partial charge is 0.339 e. The third-order valence-electron chi connectivity index (χ3n) is 5.15. The fourth-order valence-corrected chi connectivity index (χ4v) is 3.56. The summed E-state index contributed by atoms with van der Waals surface area (Å²) in [5, 5.41) is 7.61. The molecule has 0 radical (unpaired) electrons. The second kappa shape index (κ2) is 6.01. The summed E-state index contributed by atoms with van der Waals surface area (Å²) in [6, 6.07) is 8.44. The number of hydrogen-bond donors (Lipinski definition) is 1. The normalized spacial score (nSPS) is 22.3. The van der Waals surface area contributed by atoms with Crippen molar-refractivity contribution in [3.05, 3.63) is 35.7 Å². The van der Waals surface area contributed by atoms with Crippen molar-refractivity contribution in [2.24, 2.45) is 5.41 Å². The summed E-state index contributed by atoms with van der Waals surface area (Å²) < 4.78 is 5.55. The lowest BCUT2D eigenvalue weighted by atomic mass is 9.92. The predicted octanol–water partition coefficient (Wildman–Crippen LogP) is 3.58. The highest BCUT2D eigenvalue weighted by atomic mass is 35.5. The van der Waals surface area contributed by atoms with Gasteiger partial charge >= 0.3 is 0 Å². The van der Waals surface area contributed by atoms with Crippen LogP contribution in [0, 0.1) is 5.41 Å². The molecule has 4 rings (SSSR count). The van der Waals surface area contributed by atoms with Crippen molar-refractivity contribution < 1.29 is 4.52 Å². The molecule has 1 aliphatic heterocycles. The van der Waals surface area contributed by atoms with Gasteiger partial charge < -0.3 is 9.84 Å². The molecule has 1 saturated heterocycles. The summed E-state index contributed by atoms with van der Waals surface area (Å²) in [7, 11) is 0. The molecule has 5 heteroatoms. The topological polar surface area (TPSA) is 51.0 Å². The van der Waals surface area contributed by atoms with Crippen LogP contribution in [0.25, 0.3) is 11.4 Å². The first-order valence-electron chi connectivity index (χ1n) is 7.94. The molecule has 1 unspecified atom stereocenters. The lowest BCUT2D eigenvalue weighted by Gasteiger charge is -2.22. The number of rotatable bonds is 3. The first-order chi connectivity index (χ1) is 10.3. The maximum Gasteiger partial charge on any atom is 0.230 e. The van der Waals surface area contributed by atoms with Gasteiger partial charge in [-0.2, -0.15) is 4.98 Å². The number of benzene rings is 1. The average Bonchev–Trinajstić information content (AvgIpc) is 3.01. The lowest BCUT2D eigenvalue weighted by Crippen LogP contribution is -2.29. The Labute approximate surface area is 137 Å². The minimum atomic E-state index is 0. The summed E-state index contributed by atoms with van der Waals surface area (Å²) in [4.78, 5) is 4.65. The highest BCUT2D eigenvalue weighted by Crippen LogP contribution is 2.63. The van der Waals surface area contributed by atoms with Gasteiger partial charge in [0.15, 0.2) is 0 Å². The van der Waals surface area contributed by atoms with E-state index in [1.54, 1.807) is 0 Å². The maximum atomic E-state index is 5.55. The zero-order valence-corrected chi connectivity index (χ0v) is 13.7. The highest BCUT2D eigenvalue weighted by Gasteiger charge is 2.57. The number of hydrogen-bond acceptors (Lipinski definition) is 4. The molecule has 2 aliphatic rings.